The van der Waals surface area contributed by atoms with Crippen molar-refractivity contribution in [2.45, 2.75) is 13.0 Å². The number of benzene rings is 2. The molecule has 0 saturated carbocycles. The standard InChI is InChI=1S/C19H21N3O2/c23-14-13-22(12-11-16-7-3-1-4-8-16)15-18-20-21-19(24-18)17-9-5-2-6-10-17/h1-10,23H,11-15H2. The number of rotatable bonds is 8. The molecular formula is C19H21N3O2. The quantitative estimate of drug-likeness (QED) is 0.690. The lowest BCUT2D eigenvalue weighted by molar-refractivity contribution is 0.180. The van der Waals surface area contributed by atoms with Gasteiger partial charge in [-0.2, -0.15) is 0 Å². The van der Waals surface area contributed by atoms with Crippen LogP contribution in [0.4, 0.5) is 0 Å². The summed E-state index contributed by atoms with van der Waals surface area (Å²) in [6.45, 7) is 2.05. The molecule has 24 heavy (non-hydrogen) atoms. The minimum Gasteiger partial charge on any atom is -0.419 e. The molecule has 0 atom stereocenters. The summed E-state index contributed by atoms with van der Waals surface area (Å²) < 4.78 is 5.75. The van der Waals surface area contributed by atoms with Gasteiger partial charge in [-0.1, -0.05) is 48.5 Å². The van der Waals surface area contributed by atoms with Gasteiger partial charge in [-0.25, -0.2) is 0 Å². The van der Waals surface area contributed by atoms with E-state index in [1.807, 2.05) is 48.5 Å². The highest BCUT2D eigenvalue weighted by Crippen LogP contribution is 2.17. The fourth-order valence-corrected chi connectivity index (χ4v) is 2.55. The van der Waals surface area contributed by atoms with Crippen molar-refractivity contribution in [2.75, 3.05) is 19.7 Å². The van der Waals surface area contributed by atoms with Crippen LogP contribution in [0, 0.1) is 0 Å². The zero-order valence-corrected chi connectivity index (χ0v) is 13.5. The second kappa shape index (κ2) is 8.38. The number of hydrogen-bond donors (Lipinski definition) is 1. The predicted octanol–water partition coefficient (Wildman–Crippen LogP) is 2.77. The van der Waals surface area contributed by atoms with Crippen molar-refractivity contribution in [2.24, 2.45) is 0 Å². The molecule has 1 aromatic heterocycles. The molecule has 1 N–H and O–H groups in total. The third-order valence-corrected chi connectivity index (χ3v) is 3.82. The largest absolute Gasteiger partial charge is 0.419 e. The molecule has 0 aliphatic heterocycles. The molecule has 5 heteroatoms. The normalized spacial score (nSPS) is 11.1. The maximum Gasteiger partial charge on any atom is 0.247 e. The smallest absolute Gasteiger partial charge is 0.247 e. The summed E-state index contributed by atoms with van der Waals surface area (Å²) in [4.78, 5) is 2.12. The van der Waals surface area contributed by atoms with E-state index in [0.717, 1.165) is 18.5 Å². The maximum absolute atomic E-state index is 9.29. The molecule has 3 rings (SSSR count). The number of nitrogens with zero attached hydrogens (tertiary/aromatic N) is 3. The van der Waals surface area contributed by atoms with E-state index in [-0.39, 0.29) is 6.61 Å². The molecule has 2 aromatic carbocycles. The Labute approximate surface area is 141 Å². The van der Waals surface area contributed by atoms with Gasteiger partial charge in [0.05, 0.1) is 13.2 Å². The van der Waals surface area contributed by atoms with Gasteiger partial charge in [0.25, 0.3) is 0 Å². The van der Waals surface area contributed by atoms with Gasteiger partial charge >= 0.3 is 0 Å². The average Bonchev–Trinajstić information content (AvgIpc) is 3.10. The predicted molar refractivity (Wildman–Crippen MR) is 92.2 cm³/mol. The van der Waals surface area contributed by atoms with Gasteiger partial charge in [-0.05, 0) is 24.1 Å². The van der Waals surface area contributed by atoms with Crippen LogP contribution in [-0.2, 0) is 13.0 Å². The van der Waals surface area contributed by atoms with E-state index >= 15 is 0 Å². The molecule has 3 aromatic rings. The Bertz CT molecular complexity index is 729. The van der Waals surface area contributed by atoms with Crippen LogP contribution in [0.15, 0.2) is 65.1 Å². The second-order valence-corrected chi connectivity index (χ2v) is 5.60. The van der Waals surface area contributed by atoms with E-state index in [1.54, 1.807) is 0 Å². The van der Waals surface area contributed by atoms with Crippen molar-refractivity contribution in [3.63, 3.8) is 0 Å². The number of hydrogen-bond acceptors (Lipinski definition) is 5. The lowest BCUT2D eigenvalue weighted by Crippen LogP contribution is -2.28. The highest BCUT2D eigenvalue weighted by Gasteiger charge is 2.12. The molecule has 0 saturated heterocycles. The van der Waals surface area contributed by atoms with E-state index in [1.165, 1.54) is 5.56 Å². The van der Waals surface area contributed by atoms with E-state index in [2.05, 4.69) is 27.2 Å². The summed E-state index contributed by atoms with van der Waals surface area (Å²) >= 11 is 0. The molecule has 0 bridgehead atoms. The van der Waals surface area contributed by atoms with Crippen LogP contribution >= 0.6 is 0 Å². The van der Waals surface area contributed by atoms with Crippen LogP contribution in [0.25, 0.3) is 11.5 Å². The van der Waals surface area contributed by atoms with Crippen molar-refractivity contribution >= 4 is 0 Å². The Balaban J connectivity index is 1.62. The van der Waals surface area contributed by atoms with Crippen molar-refractivity contribution in [1.29, 1.82) is 0 Å². The Morgan fingerprint density at radius 1 is 0.875 bits per heavy atom. The molecule has 0 unspecified atom stereocenters. The van der Waals surface area contributed by atoms with Crippen molar-refractivity contribution in [3.05, 3.63) is 72.1 Å². The topological polar surface area (TPSA) is 62.4 Å². The molecule has 0 spiro atoms. The van der Waals surface area contributed by atoms with Crippen LogP contribution in [0.1, 0.15) is 11.5 Å². The third kappa shape index (κ3) is 4.50. The van der Waals surface area contributed by atoms with Gasteiger partial charge in [0, 0.05) is 18.7 Å². The first kappa shape index (κ1) is 16.4. The lowest BCUT2D eigenvalue weighted by Gasteiger charge is -2.19. The first-order chi connectivity index (χ1) is 11.8. The zero-order chi connectivity index (χ0) is 16.6. The molecule has 5 nitrogen and oxygen atoms in total. The molecule has 0 fully saturated rings. The Morgan fingerprint density at radius 2 is 1.58 bits per heavy atom. The fourth-order valence-electron chi connectivity index (χ4n) is 2.55. The molecule has 0 aliphatic rings. The first-order valence-corrected chi connectivity index (χ1v) is 8.10. The van der Waals surface area contributed by atoms with Crippen molar-refractivity contribution < 1.29 is 9.52 Å². The van der Waals surface area contributed by atoms with Crippen LogP contribution in [-0.4, -0.2) is 39.9 Å². The minimum atomic E-state index is 0.106. The van der Waals surface area contributed by atoms with Crippen molar-refractivity contribution in [3.8, 4) is 11.5 Å². The molecular weight excluding hydrogens is 302 g/mol. The lowest BCUT2D eigenvalue weighted by atomic mass is 10.1. The van der Waals surface area contributed by atoms with Crippen LogP contribution < -0.4 is 0 Å². The van der Waals surface area contributed by atoms with E-state index < -0.39 is 0 Å². The Hall–Kier alpha value is -2.50. The maximum atomic E-state index is 9.29. The number of aliphatic hydroxyl groups is 1. The minimum absolute atomic E-state index is 0.106. The molecule has 124 valence electrons. The zero-order valence-electron chi connectivity index (χ0n) is 13.5. The third-order valence-electron chi connectivity index (χ3n) is 3.82. The van der Waals surface area contributed by atoms with E-state index in [9.17, 15) is 5.11 Å². The SMILES string of the molecule is OCCN(CCc1ccccc1)Cc1nnc(-c2ccccc2)o1. The van der Waals surface area contributed by atoms with Gasteiger partial charge < -0.3 is 9.52 Å². The first-order valence-electron chi connectivity index (χ1n) is 8.10. The van der Waals surface area contributed by atoms with Crippen LogP contribution in [0.3, 0.4) is 0 Å². The van der Waals surface area contributed by atoms with Gasteiger partial charge in [-0.3, -0.25) is 4.90 Å². The van der Waals surface area contributed by atoms with Crippen molar-refractivity contribution in [1.82, 2.24) is 15.1 Å². The molecule has 0 amide bonds. The molecule has 0 radical (unpaired) electrons. The summed E-state index contributed by atoms with van der Waals surface area (Å²) in [6.07, 6.45) is 0.917. The molecule has 1 heterocycles. The van der Waals surface area contributed by atoms with E-state index in [4.69, 9.17) is 4.42 Å². The Morgan fingerprint density at radius 3 is 2.29 bits per heavy atom. The van der Waals surface area contributed by atoms with E-state index in [0.29, 0.717) is 24.9 Å². The summed E-state index contributed by atoms with van der Waals surface area (Å²) in [7, 11) is 0. The summed E-state index contributed by atoms with van der Waals surface area (Å²) in [5, 5.41) is 17.5. The van der Waals surface area contributed by atoms with Gasteiger partial charge in [0.1, 0.15) is 0 Å². The number of aromatic nitrogens is 2. The summed E-state index contributed by atoms with van der Waals surface area (Å²) in [5.74, 6) is 1.09. The summed E-state index contributed by atoms with van der Waals surface area (Å²) in [5.41, 5.74) is 2.19. The second-order valence-electron chi connectivity index (χ2n) is 5.60. The highest BCUT2D eigenvalue weighted by molar-refractivity contribution is 5.51. The van der Waals surface area contributed by atoms with Gasteiger partial charge in [0.2, 0.25) is 11.8 Å². The highest BCUT2D eigenvalue weighted by atomic mass is 16.4. The van der Waals surface area contributed by atoms with Gasteiger partial charge in [0.15, 0.2) is 0 Å². The van der Waals surface area contributed by atoms with Gasteiger partial charge in [-0.15, -0.1) is 10.2 Å². The number of aliphatic hydroxyl groups excluding tert-OH is 1. The fraction of sp³-hybridized carbons (Fsp3) is 0.263. The van der Waals surface area contributed by atoms with Crippen LogP contribution in [0.2, 0.25) is 0 Å². The summed E-state index contributed by atoms with van der Waals surface area (Å²) in [6, 6.07) is 20.0. The van der Waals surface area contributed by atoms with Crippen LogP contribution in [0.5, 0.6) is 0 Å². The Kier molecular flexibility index (Phi) is 5.71. The monoisotopic (exact) mass is 323 g/mol. The molecule has 0 aliphatic carbocycles. The average molecular weight is 323 g/mol.